The molecular weight excluding hydrogens is 356 g/mol. The molecule has 2 aliphatic carbocycles. The predicted octanol–water partition coefficient (Wildman–Crippen LogP) is 6.25. The number of carbonyl (C=O) groups is 1. The van der Waals surface area contributed by atoms with Gasteiger partial charge in [-0.1, -0.05) is 39.3 Å². The zero-order chi connectivity index (χ0) is 20.5. The van der Waals surface area contributed by atoms with Crippen LogP contribution in [0.15, 0.2) is 30.6 Å². The van der Waals surface area contributed by atoms with E-state index in [9.17, 15) is 4.79 Å². The fraction of sp³-hybridized carbons (Fsp3) is 0.692. The van der Waals surface area contributed by atoms with Crippen LogP contribution in [0.4, 0.5) is 0 Å². The third-order valence-corrected chi connectivity index (χ3v) is 8.55. The summed E-state index contributed by atoms with van der Waals surface area (Å²) in [6.07, 6.45) is 18.3. The number of amides is 1. The highest BCUT2D eigenvalue weighted by molar-refractivity contribution is 5.76. The van der Waals surface area contributed by atoms with Crippen molar-refractivity contribution in [1.29, 1.82) is 0 Å². The van der Waals surface area contributed by atoms with Gasteiger partial charge in [0.2, 0.25) is 5.91 Å². The Morgan fingerprint density at radius 2 is 2.10 bits per heavy atom. The molecule has 3 aliphatic rings. The van der Waals surface area contributed by atoms with Crippen molar-refractivity contribution in [3.8, 4) is 0 Å². The van der Waals surface area contributed by atoms with Crippen molar-refractivity contribution in [2.75, 3.05) is 6.54 Å². The molecule has 2 fully saturated rings. The van der Waals surface area contributed by atoms with Crippen molar-refractivity contribution in [3.05, 3.63) is 36.2 Å². The van der Waals surface area contributed by atoms with Gasteiger partial charge < -0.3 is 4.90 Å². The second-order valence-electron chi connectivity index (χ2n) is 10.2. The van der Waals surface area contributed by atoms with Crippen LogP contribution in [0.2, 0.25) is 0 Å². The van der Waals surface area contributed by atoms with E-state index in [1.165, 1.54) is 68.9 Å². The van der Waals surface area contributed by atoms with Crippen molar-refractivity contribution >= 4 is 11.5 Å². The molecule has 0 radical (unpaired) electrons. The second kappa shape index (κ2) is 8.24. The second-order valence-corrected chi connectivity index (χ2v) is 10.2. The summed E-state index contributed by atoms with van der Waals surface area (Å²) < 4.78 is 0. The molecule has 4 rings (SSSR count). The summed E-state index contributed by atoms with van der Waals surface area (Å²) >= 11 is 0. The quantitative estimate of drug-likeness (QED) is 0.591. The first-order chi connectivity index (χ1) is 14.0. The normalized spacial score (nSPS) is 34.6. The molecular formula is C26H38N2O. The molecule has 1 saturated carbocycles. The molecule has 1 aliphatic heterocycles. The maximum Gasteiger partial charge on any atom is 0.222 e. The molecule has 1 saturated heterocycles. The Bertz CT molecular complexity index is 757. The fourth-order valence-corrected chi connectivity index (χ4v) is 6.79. The van der Waals surface area contributed by atoms with Crippen LogP contribution in [0, 0.1) is 16.7 Å². The first-order valence-electron chi connectivity index (χ1n) is 11.9. The van der Waals surface area contributed by atoms with Gasteiger partial charge >= 0.3 is 0 Å². The summed E-state index contributed by atoms with van der Waals surface area (Å²) in [4.78, 5) is 19.2. The summed E-state index contributed by atoms with van der Waals surface area (Å²) in [6, 6.07) is 4.74. The molecule has 0 spiro atoms. The number of pyridine rings is 1. The maximum absolute atomic E-state index is 12.6. The van der Waals surface area contributed by atoms with Crippen LogP contribution < -0.4 is 0 Å². The summed E-state index contributed by atoms with van der Waals surface area (Å²) in [6.45, 7) is 7.97. The molecule has 29 heavy (non-hydrogen) atoms. The largest absolute Gasteiger partial charge is 0.339 e. The summed E-state index contributed by atoms with van der Waals surface area (Å²) in [7, 11) is 0. The molecule has 2 heterocycles. The van der Waals surface area contributed by atoms with E-state index in [0.29, 0.717) is 23.8 Å². The van der Waals surface area contributed by atoms with Crippen molar-refractivity contribution in [2.24, 2.45) is 16.7 Å². The zero-order valence-corrected chi connectivity index (χ0v) is 18.6. The van der Waals surface area contributed by atoms with Crippen LogP contribution >= 0.6 is 0 Å². The van der Waals surface area contributed by atoms with Gasteiger partial charge in [0.15, 0.2) is 0 Å². The average molecular weight is 395 g/mol. The first-order valence-corrected chi connectivity index (χ1v) is 11.9. The lowest BCUT2D eigenvalue weighted by molar-refractivity contribution is -0.144. The minimum Gasteiger partial charge on any atom is -0.339 e. The summed E-state index contributed by atoms with van der Waals surface area (Å²) in [5.74, 6) is 1.10. The van der Waals surface area contributed by atoms with E-state index in [2.05, 4.69) is 41.9 Å². The number of hydrogen-bond donors (Lipinski definition) is 0. The predicted molar refractivity (Wildman–Crippen MR) is 119 cm³/mol. The Hall–Kier alpha value is -1.64. The molecule has 1 aromatic rings. The highest BCUT2D eigenvalue weighted by Gasteiger charge is 2.49. The van der Waals surface area contributed by atoms with Crippen molar-refractivity contribution in [1.82, 2.24) is 9.88 Å². The zero-order valence-electron chi connectivity index (χ0n) is 18.6. The van der Waals surface area contributed by atoms with Gasteiger partial charge in [0.05, 0.1) is 0 Å². The third kappa shape index (κ3) is 3.78. The van der Waals surface area contributed by atoms with Crippen molar-refractivity contribution < 1.29 is 4.79 Å². The van der Waals surface area contributed by atoms with Gasteiger partial charge in [-0.15, -0.1) is 0 Å². The first kappa shape index (κ1) is 20.6. The highest BCUT2D eigenvalue weighted by Crippen LogP contribution is 2.54. The van der Waals surface area contributed by atoms with E-state index < -0.39 is 0 Å². The van der Waals surface area contributed by atoms with Crippen LogP contribution in [0.1, 0.15) is 90.5 Å². The minimum atomic E-state index is 0.264. The van der Waals surface area contributed by atoms with Crippen LogP contribution in [-0.2, 0) is 4.79 Å². The van der Waals surface area contributed by atoms with Gasteiger partial charge in [-0.3, -0.25) is 9.78 Å². The summed E-state index contributed by atoms with van der Waals surface area (Å²) in [5, 5.41) is 0. The van der Waals surface area contributed by atoms with Crippen LogP contribution in [0.5, 0.6) is 0 Å². The monoisotopic (exact) mass is 394 g/mol. The SMILES string of the molecule is CCC(=O)N1CCCC2(C)C(CCC3(C)CCC=C3c3cccnc3)CCCC12. The van der Waals surface area contributed by atoms with Gasteiger partial charge in [0.1, 0.15) is 0 Å². The minimum absolute atomic E-state index is 0.264. The van der Waals surface area contributed by atoms with E-state index in [1.54, 1.807) is 0 Å². The lowest BCUT2D eigenvalue weighted by Gasteiger charge is -2.55. The Morgan fingerprint density at radius 1 is 1.24 bits per heavy atom. The lowest BCUT2D eigenvalue weighted by Crippen LogP contribution is -2.57. The van der Waals surface area contributed by atoms with Crippen LogP contribution in [-0.4, -0.2) is 28.4 Å². The number of rotatable bonds is 5. The maximum atomic E-state index is 12.6. The third-order valence-electron chi connectivity index (χ3n) is 8.55. The molecule has 4 unspecified atom stereocenters. The van der Waals surface area contributed by atoms with E-state index >= 15 is 0 Å². The van der Waals surface area contributed by atoms with Gasteiger partial charge in [0, 0.05) is 31.4 Å². The molecule has 3 heteroatoms. The van der Waals surface area contributed by atoms with E-state index in [1.807, 2.05) is 19.3 Å². The summed E-state index contributed by atoms with van der Waals surface area (Å²) in [5.41, 5.74) is 3.38. The van der Waals surface area contributed by atoms with Crippen molar-refractivity contribution in [2.45, 2.75) is 91.0 Å². The molecule has 0 aromatic carbocycles. The topological polar surface area (TPSA) is 33.2 Å². The Balaban J connectivity index is 1.49. The highest BCUT2D eigenvalue weighted by atomic mass is 16.2. The fourth-order valence-electron chi connectivity index (χ4n) is 6.79. The number of fused-ring (bicyclic) bond motifs is 1. The number of hydrogen-bond acceptors (Lipinski definition) is 2. The van der Waals surface area contributed by atoms with E-state index in [-0.39, 0.29) is 5.41 Å². The van der Waals surface area contributed by atoms with E-state index in [4.69, 9.17) is 0 Å². The molecule has 0 bridgehead atoms. The molecule has 3 nitrogen and oxygen atoms in total. The number of allylic oxidation sites excluding steroid dienone is 2. The molecule has 4 atom stereocenters. The number of piperidine rings is 1. The number of aromatic nitrogens is 1. The smallest absolute Gasteiger partial charge is 0.222 e. The average Bonchev–Trinajstić information content (AvgIpc) is 3.13. The molecule has 1 amide bonds. The van der Waals surface area contributed by atoms with Gasteiger partial charge in [0.25, 0.3) is 0 Å². The molecule has 1 aromatic heterocycles. The van der Waals surface area contributed by atoms with Crippen molar-refractivity contribution in [3.63, 3.8) is 0 Å². The number of carbonyl (C=O) groups excluding carboxylic acids is 1. The van der Waals surface area contributed by atoms with E-state index in [0.717, 1.165) is 12.5 Å². The van der Waals surface area contributed by atoms with Gasteiger partial charge in [-0.05, 0) is 85.3 Å². The molecule has 158 valence electrons. The van der Waals surface area contributed by atoms with Gasteiger partial charge in [-0.25, -0.2) is 0 Å². The van der Waals surface area contributed by atoms with Crippen LogP contribution in [0.3, 0.4) is 0 Å². The Morgan fingerprint density at radius 3 is 2.86 bits per heavy atom. The Kier molecular flexibility index (Phi) is 5.86. The Labute approximate surface area is 177 Å². The number of nitrogens with zero attached hydrogens (tertiary/aromatic N) is 2. The standard InChI is InChI=1S/C26H38N2O/c1-4-24(29)28-18-8-15-26(3)21(10-5-12-23(26)28)13-16-25(2)14-6-11-22(25)20-9-7-17-27-19-20/h7,9,11,17,19,21,23H,4-6,8,10,12-16,18H2,1-3H3. The van der Waals surface area contributed by atoms with Crippen LogP contribution in [0.25, 0.3) is 5.57 Å². The lowest BCUT2D eigenvalue weighted by atomic mass is 9.58. The van der Waals surface area contributed by atoms with Gasteiger partial charge in [-0.2, -0.15) is 0 Å². The molecule has 0 N–H and O–H groups in total. The number of likely N-dealkylation sites (tertiary alicyclic amines) is 1.